The number of thiophene rings is 1. The lowest BCUT2D eigenvalue weighted by Crippen LogP contribution is -2.25. The Bertz CT molecular complexity index is 1090. The SMILES string of the molecule is Cc1c(C(=O)NCCCC(=O)Nc2ccc(Cl)cc2)sc2ncn(C)c(=O)c12. The average Bonchev–Trinajstić information content (AvgIpc) is 3.01. The second-order valence-electron chi connectivity index (χ2n) is 6.31. The summed E-state index contributed by atoms with van der Waals surface area (Å²) in [6.45, 7) is 2.10. The summed E-state index contributed by atoms with van der Waals surface area (Å²) in [6, 6.07) is 6.86. The summed E-state index contributed by atoms with van der Waals surface area (Å²) in [5.74, 6) is -0.400. The number of nitrogens with zero attached hydrogens (tertiary/aromatic N) is 2. The number of anilines is 1. The lowest BCUT2D eigenvalue weighted by atomic mass is 10.2. The molecular weight excluding hydrogens is 400 g/mol. The monoisotopic (exact) mass is 418 g/mol. The van der Waals surface area contributed by atoms with E-state index >= 15 is 0 Å². The minimum atomic E-state index is -0.263. The van der Waals surface area contributed by atoms with E-state index in [1.165, 1.54) is 22.2 Å². The van der Waals surface area contributed by atoms with Crippen LogP contribution in [-0.4, -0.2) is 27.9 Å². The number of hydrogen-bond acceptors (Lipinski definition) is 5. The fourth-order valence-electron chi connectivity index (χ4n) is 2.71. The van der Waals surface area contributed by atoms with Gasteiger partial charge in [-0.05, 0) is 43.2 Å². The molecule has 0 aliphatic carbocycles. The maximum Gasteiger partial charge on any atom is 0.262 e. The van der Waals surface area contributed by atoms with Crippen molar-refractivity contribution in [2.24, 2.45) is 7.05 Å². The molecule has 2 amide bonds. The Balaban J connectivity index is 1.53. The molecule has 146 valence electrons. The number of nitrogens with one attached hydrogen (secondary N) is 2. The van der Waals surface area contributed by atoms with Gasteiger partial charge in [-0.2, -0.15) is 0 Å². The van der Waals surface area contributed by atoms with Crippen molar-refractivity contribution >= 4 is 50.7 Å². The van der Waals surface area contributed by atoms with Crippen LogP contribution in [0.1, 0.15) is 28.1 Å². The van der Waals surface area contributed by atoms with Crippen molar-refractivity contribution in [2.75, 3.05) is 11.9 Å². The van der Waals surface area contributed by atoms with Crippen LogP contribution in [0.4, 0.5) is 5.69 Å². The molecule has 7 nitrogen and oxygen atoms in total. The summed E-state index contributed by atoms with van der Waals surface area (Å²) in [6.07, 6.45) is 2.22. The molecule has 0 unspecified atom stereocenters. The normalized spacial score (nSPS) is 10.8. The third-order valence-corrected chi connectivity index (χ3v) is 5.66. The molecule has 0 bridgehead atoms. The van der Waals surface area contributed by atoms with Crippen molar-refractivity contribution < 1.29 is 9.59 Å². The number of fused-ring (bicyclic) bond motifs is 1. The van der Waals surface area contributed by atoms with Gasteiger partial charge in [-0.3, -0.25) is 14.4 Å². The van der Waals surface area contributed by atoms with E-state index in [-0.39, 0.29) is 23.8 Å². The summed E-state index contributed by atoms with van der Waals surface area (Å²) in [7, 11) is 1.63. The maximum absolute atomic E-state index is 12.4. The van der Waals surface area contributed by atoms with Crippen LogP contribution in [-0.2, 0) is 11.8 Å². The molecule has 2 heterocycles. The summed E-state index contributed by atoms with van der Waals surface area (Å²) in [5, 5.41) is 6.65. The minimum absolute atomic E-state index is 0.137. The molecule has 0 radical (unpaired) electrons. The first-order chi connectivity index (χ1) is 13.4. The minimum Gasteiger partial charge on any atom is -0.351 e. The number of carbonyl (C=O) groups excluding carboxylic acids is 2. The standard InChI is InChI=1S/C19H19ClN4O3S/c1-11-15-18(22-10-24(2)19(15)27)28-16(11)17(26)21-9-3-4-14(25)23-13-7-5-12(20)6-8-13/h5-8,10H,3-4,9H2,1-2H3,(H,21,26)(H,23,25). The van der Waals surface area contributed by atoms with Crippen LogP contribution in [0.15, 0.2) is 35.4 Å². The van der Waals surface area contributed by atoms with Gasteiger partial charge in [0.2, 0.25) is 5.91 Å². The lowest BCUT2D eigenvalue weighted by Gasteiger charge is -2.06. The molecule has 0 saturated carbocycles. The summed E-state index contributed by atoms with van der Waals surface area (Å²) >= 11 is 7.01. The van der Waals surface area contributed by atoms with Crippen molar-refractivity contribution in [3.05, 3.63) is 56.4 Å². The number of carbonyl (C=O) groups is 2. The summed E-state index contributed by atoms with van der Waals surface area (Å²) in [5.41, 5.74) is 1.14. The third kappa shape index (κ3) is 4.40. The number of rotatable bonds is 6. The number of hydrogen-bond donors (Lipinski definition) is 2. The highest BCUT2D eigenvalue weighted by molar-refractivity contribution is 7.20. The first-order valence-electron chi connectivity index (χ1n) is 8.65. The molecule has 2 aromatic heterocycles. The molecule has 0 aliphatic heterocycles. The van der Waals surface area contributed by atoms with Crippen LogP contribution in [0.3, 0.4) is 0 Å². The van der Waals surface area contributed by atoms with Gasteiger partial charge in [-0.15, -0.1) is 11.3 Å². The van der Waals surface area contributed by atoms with Crippen LogP contribution >= 0.6 is 22.9 Å². The topological polar surface area (TPSA) is 93.1 Å². The zero-order valence-electron chi connectivity index (χ0n) is 15.4. The Hall–Kier alpha value is -2.71. The van der Waals surface area contributed by atoms with Gasteiger partial charge in [0, 0.05) is 30.7 Å². The maximum atomic E-state index is 12.4. The Kier molecular flexibility index (Phi) is 6.11. The Labute approximate surface area is 170 Å². The van der Waals surface area contributed by atoms with E-state index in [0.29, 0.717) is 44.3 Å². The molecule has 9 heteroatoms. The fourth-order valence-corrected chi connectivity index (χ4v) is 3.89. The number of aryl methyl sites for hydroxylation is 2. The van der Waals surface area contributed by atoms with Gasteiger partial charge >= 0.3 is 0 Å². The molecule has 3 rings (SSSR count). The highest BCUT2D eigenvalue weighted by Crippen LogP contribution is 2.26. The molecular formula is C19H19ClN4O3S. The predicted octanol–water partition coefficient (Wildman–Crippen LogP) is 3.11. The average molecular weight is 419 g/mol. The van der Waals surface area contributed by atoms with E-state index in [4.69, 9.17) is 11.6 Å². The van der Waals surface area contributed by atoms with E-state index in [1.54, 1.807) is 38.2 Å². The van der Waals surface area contributed by atoms with E-state index in [2.05, 4.69) is 15.6 Å². The molecule has 0 atom stereocenters. The first kappa shape index (κ1) is 20.0. The highest BCUT2D eigenvalue weighted by Gasteiger charge is 2.18. The van der Waals surface area contributed by atoms with Crippen LogP contribution < -0.4 is 16.2 Å². The van der Waals surface area contributed by atoms with Crippen molar-refractivity contribution in [2.45, 2.75) is 19.8 Å². The van der Waals surface area contributed by atoms with E-state index < -0.39 is 0 Å². The second-order valence-corrected chi connectivity index (χ2v) is 7.75. The fraction of sp³-hybridized carbons (Fsp3) is 0.263. The second kappa shape index (κ2) is 8.53. The lowest BCUT2D eigenvalue weighted by molar-refractivity contribution is -0.116. The van der Waals surface area contributed by atoms with Crippen molar-refractivity contribution in [1.82, 2.24) is 14.9 Å². The quantitative estimate of drug-likeness (QED) is 0.601. The van der Waals surface area contributed by atoms with Crippen LogP contribution in [0.2, 0.25) is 5.02 Å². The molecule has 0 fully saturated rings. The zero-order chi connectivity index (χ0) is 20.3. The molecule has 2 N–H and O–H groups in total. The van der Waals surface area contributed by atoms with Gasteiger partial charge in [0.05, 0.1) is 16.6 Å². The number of amides is 2. The van der Waals surface area contributed by atoms with Gasteiger partial charge in [-0.25, -0.2) is 4.98 Å². The first-order valence-corrected chi connectivity index (χ1v) is 9.84. The molecule has 0 saturated heterocycles. The van der Waals surface area contributed by atoms with Crippen molar-refractivity contribution in [1.29, 1.82) is 0 Å². The smallest absolute Gasteiger partial charge is 0.262 e. The number of benzene rings is 1. The summed E-state index contributed by atoms with van der Waals surface area (Å²) in [4.78, 5) is 41.9. The van der Waals surface area contributed by atoms with Gasteiger partial charge in [0.15, 0.2) is 0 Å². The molecule has 28 heavy (non-hydrogen) atoms. The third-order valence-electron chi connectivity index (χ3n) is 4.21. The Morgan fingerprint density at radius 1 is 1.25 bits per heavy atom. The summed E-state index contributed by atoms with van der Waals surface area (Å²) < 4.78 is 1.39. The van der Waals surface area contributed by atoms with Crippen LogP contribution in [0, 0.1) is 6.92 Å². The van der Waals surface area contributed by atoms with Crippen molar-refractivity contribution in [3.8, 4) is 0 Å². The van der Waals surface area contributed by atoms with Crippen molar-refractivity contribution in [3.63, 3.8) is 0 Å². The Morgan fingerprint density at radius 2 is 1.96 bits per heavy atom. The van der Waals surface area contributed by atoms with E-state index in [9.17, 15) is 14.4 Å². The van der Waals surface area contributed by atoms with E-state index in [0.717, 1.165) is 0 Å². The predicted molar refractivity (Wildman–Crippen MR) is 111 cm³/mol. The van der Waals surface area contributed by atoms with Crippen LogP contribution in [0.25, 0.3) is 10.2 Å². The number of halogens is 1. The largest absolute Gasteiger partial charge is 0.351 e. The van der Waals surface area contributed by atoms with Gasteiger partial charge in [0.25, 0.3) is 11.5 Å². The molecule has 3 aromatic rings. The molecule has 0 aliphatic rings. The highest BCUT2D eigenvalue weighted by atomic mass is 35.5. The van der Waals surface area contributed by atoms with Gasteiger partial charge in [0.1, 0.15) is 4.83 Å². The van der Waals surface area contributed by atoms with E-state index in [1.807, 2.05) is 0 Å². The van der Waals surface area contributed by atoms with Gasteiger partial charge in [-0.1, -0.05) is 11.6 Å². The van der Waals surface area contributed by atoms with Gasteiger partial charge < -0.3 is 15.2 Å². The molecule has 1 aromatic carbocycles. The number of aromatic nitrogens is 2. The Morgan fingerprint density at radius 3 is 2.68 bits per heavy atom. The zero-order valence-corrected chi connectivity index (χ0v) is 17.0. The van der Waals surface area contributed by atoms with Crippen LogP contribution in [0.5, 0.6) is 0 Å². The molecule has 0 spiro atoms.